The van der Waals surface area contributed by atoms with Crippen LogP contribution in [0.15, 0.2) is 85.7 Å². The average molecular weight is 661 g/mol. The zero-order valence-electron chi connectivity index (χ0n) is 26.2. The number of ketones is 1. The Labute approximate surface area is 280 Å². The van der Waals surface area contributed by atoms with E-state index in [1.165, 1.54) is 24.7 Å². The Bertz CT molecular complexity index is 2130. The van der Waals surface area contributed by atoms with Gasteiger partial charge in [-0.15, -0.1) is 0 Å². The maximum Gasteiger partial charge on any atom is 0.199 e. The molecule has 1 saturated heterocycles. The van der Waals surface area contributed by atoms with E-state index < -0.39 is 23.3 Å². The fourth-order valence-corrected chi connectivity index (χ4v) is 6.81. The maximum atomic E-state index is 14.8. The van der Waals surface area contributed by atoms with Crippen molar-refractivity contribution in [2.24, 2.45) is 0 Å². The molecule has 10 nitrogen and oxygen atoms in total. The molecular weight excluding hydrogens is 630 g/mol. The highest BCUT2D eigenvalue weighted by molar-refractivity contribution is 5.97. The number of aromatic nitrogens is 4. The summed E-state index contributed by atoms with van der Waals surface area (Å²) in [6.45, 7) is 0.686. The van der Waals surface area contributed by atoms with Crippen LogP contribution >= 0.6 is 0 Å². The lowest BCUT2D eigenvalue weighted by molar-refractivity contribution is -0.106. The van der Waals surface area contributed by atoms with Gasteiger partial charge >= 0.3 is 0 Å². The summed E-state index contributed by atoms with van der Waals surface area (Å²) in [6.07, 6.45) is 9.37. The number of rotatable bonds is 5. The quantitative estimate of drug-likeness (QED) is 0.239. The van der Waals surface area contributed by atoms with Gasteiger partial charge in [0.1, 0.15) is 28.7 Å². The second-order valence-corrected chi connectivity index (χ2v) is 12.2. The molecule has 5 aromatic rings. The molecule has 0 saturated carbocycles. The molecule has 246 valence electrons. The van der Waals surface area contributed by atoms with E-state index in [1.54, 1.807) is 45.9 Å². The first-order valence-electron chi connectivity index (χ1n) is 15.9. The molecule has 3 aliphatic rings. The van der Waals surface area contributed by atoms with Crippen LogP contribution in [0.3, 0.4) is 0 Å². The molecule has 0 spiro atoms. The summed E-state index contributed by atoms with van der Waals surface area (Å²) in [7, 11) is 0. The molecule has 49 heavy (non-hydrogen) atoms. The Morgan fingerprint density at radius 1 is 0.898 bits per heavy atom. The van der Waals surface area contributed by atoms with E-state index in [9.17, 15) is 18.7 Å². The number of hydrogen-bond donors (Lipinski definition) is 1. The summed E-state index contributed by atoms with van der Waals surface area (Å²) in [5.74, 6) is -0.356. The average Bonchev–Trinajstić information content (AvgIpc) is 3.91. The minimum absolute atomic E-state index is 0.0405. The highest BCUT2D eigenvalue weighted by atomic mass is 19.1. The van der Waals surface area contributed by atoms with Gasteiger partial charge in [-0.2, -0.15) is 10.5 Å². The number of halogens is 2. The van der Waals surface area contributed by atoms with Crippen molar-refractivity contribution >= 4 is 5.78 Å². The van der Waals surface area contributed by atoms with Crippen LogP contribution in [0, 0.1) is 34.3 Å². The van der Waals surface area contributed by atoms with Crippen LogP contribution in [-0.2, 0) is 10.3 Å². The van der Waals surface area contributed by atoms with Gasteiger partial charge in [-0.1, -0.05) is 24.3 Å². The van der Waals surface area contributed by atoms with Crippen molar-refractivity contribution in [3.63, 3.8) is 0 Å². The van der Waals surface area contributed by atoms with Crippen LogP contribution in [0.5, 0.6) is 5.75 Å². The van der Waals surface area contributed by atoms with E-state index in [0.717, 1.165) is 19.3 Å². The number of hydrogen-bond acceptors (Lipinski definition) is 8. The maximum absolute atomic E-state index is 14.8. The van der Waals surface area contributed by atoms with Crippen molar-refractivity contribution in [2.45, 2.75) is 56.1 Å². The SMILES string of the molecule is N#Cc1ccc([C@H]2CC(=O)c3cncn32)c(F)c1.N#Cc1ccc([C@H]2CC(O)(c3cccc(OC4CCCCO4)c3)c3cncn32)c(F)c1. The number of carbonyl (C=O) groups is 1. The van der Waals surface area contributed by atoms with Gasteiger partial charge in [0.2, 0.25) is 0 Å². The summed E-state index contributed by atoms with van der Waals surface area (Å²) >= 11 is 0. The van der Waals surface area contributed by atoms with Gasteiger partial charge in [0.05, 0.1) is 72.7 Å². The molecule has 0 aliphatic carbocycles. The van der Waals surface area contributed by atoms with Crippen LogP contribution in [0.25, 0.3) is 0 Å². The van der Waals surface area contributed by atoms with E-state index in [0.29, 0.717) is 40.4 Å². The summed E-state index contributed by atoms with van der Waals surface area (Å²) in [5.41, 5.74) is 1.75. The van der Waals surface area contributed by atoms with E-state index in [4.69, 9.17) is 20.0 Å². The molecule has 2 aromatic heterocycles. The number of aliphatic hydroxyl groups is 1. The summed E-state index contributed by atoms with van der Waals surface area (Å²) < 4.78 is 43.8. The van der Waals surface area contributed by atoms with E-state index in [-0.39, 0.29) is 42.1 Å². The first kappa shape index (κ1) is 31.9. The van der Waals surface area contributed by atoms with Crippen LogP contribution in [0.1, 0.15) is 88.2 Å². The number of nitriles is 2. The minimum atomic E-state index is -1.35. The van der Waals surface area contributed by atoms with Crippen molar-refractivity contribution in [2.75, 3.05) is 6.61 Å². The fraction of sp³-hybridized carbons (Fsp3) is 0.270. The second-order valence-electron chi connectivity index (χ2n) is 12.2. The lowest BCUT2D eigenvalue weighted by atomic mass is 9.86. The standard InChI is InChI=1S/C24H22FN3O3.C13H8FN3O/c25-20-10-16(13-26)7-8-19(20)21-12-24(29,22-14-27-15-28(21)22)17-4-3-5-18(11-17)31-23-6-1-2-9-30-23;14-10-3-8(5-15)1-2-9(10)11-4-13(18)12-6-16-7-17(11)12/h3-5,7-8,10-11,14-15,21,23,29H,1-2,6,9,12H2;1-3,6-7,11H,4H2/t21-,23?,24?;11-/m11/s1. The lowest BCUT2D eigenvalue weighted by Gasteiger charge is -2.26. The fourth-order valence-electron chi connectivity index (χ4n) is 6.81. The predicted octanol–water partition coefficient (Wildman–Crippen LogP) is 6.10. The van der Waals surface area contributed by atoms with Gasteiger partial charge in [0.15, 0.2) is 12.1 Å². The van der Waals surface area contributed by atoms with E-state index >= 15 is 0 Å². The molecule has 2 unspecified atom stereocenters. The van der Waals surface area contributed by atoms with Gasteiger partial charge in [-0.25, -0.2) is 18.7 Å². The molecule has 3 aromatic carbocycles. The molecule has 4 atom stereocenters. The molecule has 1 fully saturated rings. The Hall–Kier alpha value is -5.69. The largest absolute Gasteiger partial charge is 0.465 e. The number of nitrogens with zero attached hydrogens (tertiary/aromatic N) is 6. The Balaban J connectivity index is 0.000000178. The topological polar surface area (TPSA) is 139 Å². The molecule has 0 amide bonds. The van der Waals surface area contributed by atoms with Crippen LogP contribution in [0.4, 0.5) is 8.78 Å². The van der Waals surface area contributed by atoms with Gasteiger partial charge in [-0.3, -0.25) is 4.79 Å². The number of Topliss-reactive ketones (excluding diaryl/α,β-unsaturated/α-hetero) is 1. The van der Waals surface area contributed by atoms with Crippen molar-refractivity contribution in [3.8, 4) is 17.9 Å². The summed E-state index contributed by atoms with van der Waals surface area (Å²) in [6, 6.07) is 19.1. The number of fused-ring (bicyclic) bond motifs is 2. The van der Waals surface area contributed by atoms with Gasteiger partial charge in [-0.05, 0) is 54.8 Å². The van der Waals surface area contributed by atoms with Gasteiger partial charge < -0.3 is 23.7 Å². The smallest absolute Gasteiger partial charge is 0.199 e. The second kappa shape index (κ2) is 13.1. The summed E-state index contributed by atoms with van der Waals surface area (Å²) in [5, 5.41) is 29.5. The highest BCUT2D eigenvalue weighted by Gasteiger charge is 2.45. The third-order valence-corrected chi connectivity index (χ3v) is 9.27. The van der Waals surface area contributed by atoms with Crippen molar-refractivity contribution in [3.05, 3.63) is 137 Å². The molecule has 12 heteroatoms. The zero-order valence-corrected chi connectivity index (χ0v) is 26.2. The minimum Gasteiger partial charge on any atom is -0.465 e. The van der Waals surface area contributed by atoms with Crippen molar-refractivity contribution < 1.29 is 28.2 Å². The number of carbonyl (C=O) groups excluding carboxylic acids is 1. The van der Waals surface area contributed by atoms with Crippen LogP contribution in [0.2, 0.25) is 0 Å². The number of ether oxygens (including phenoxy) is 2. The van der Waals surface area contributed by atoms with Crippen LogP contribution in [-0.4, -0.2) is 42.9 Å². The predicted molar refractivity (Wildman–Crippen MR) is 170 cm³/mol. The monoisotopic (exact) mass is 660 g/mol. The lowest BCUT2D eigenvalue weighted by Crippen LogP contribution is -2.26. The van der Waals surface area contributed by atoms with E-state index in [2.05, 4.69) is 9.97 Å². The van der Waals surface area contributed by atoms with Crippen LogP contribution < -0.4 is 4.74 Å². The van der Waals surface area contributed by atoms with E-state index in [1.807, 2.05) is 36.4 Å². The molecule has 0 radical (unpaired) electrons. The molecule has 8 rings (SSSR count). The van der Waals surface area contributed by atoms with Crippen molar-refractivity contribution in [1.29, 1.82) is 10.5 Å². The Kier molecular flexibility index (Phi) is 8.51. The normalized spacial score (nSPS) is 22.3. The number of imidazole rings is 2. The molecule has 1 N–H and O–H groups in total. The highest BCUT2D eigenvalue weighted by Crippen LogP contribution is 2.47. The molecule has 5 heterocycles. The first-order valence-corrected chi connectivity index (χ1v) is 15.9. The zero-order chi connectivity index (χ0) is 34.1. The molecule has 3 aliphatic heterocycles. The number of benzene rings is 3. The summed E-state index contributed by atoms with van der Waals surface area (Å²) in [4.78, 5) is 19.8. The van der Waals surface area contributed by atoms with Gasteiger partial charge in [0, 0.05) is 30.4 Å². The Morgan fingerprint density at radius 3 is 2.27 bits per heavy atom. The molecular formula is C37H30F2N6O4. The third kappa shape index (κ3) is 5.97. The molecule has 0 bridgehead atoms. The Morgan fingerprint density at radius 2 is 1.59 bits per heavy atom. The van der Waals surface area contributed by atoms with Gasteiger partial charge in [0.25, 0.3) is 0 Å². The first-order chi connectivity index (χ1) is 23.8. The third-order valence-electron chi connectivity index (χ3n) is 9.27. The van der Waals surface area contributed by atoms with Crippen molar-refractivity contribution in [1.82, 2.24) is 19.1 Å².